The number of carbonyl (C=O) groups excluding carboxylic acids is 1. The Labute approximate surface area is 162 Å². The van der Waals surface area contributed by atoms with E-state index in [0.717, 1.165) is 43.9 Å². The Balaban J connectivity index is 1.65. The van der Waals surface area contributed by atoms with E-state index in [1.807, 2.05) is 48.5 Å². The highest BCUT2D eigenvalue weighted by Gasteiger charge is 2.18. The molecule has 2 aromatic rings. The summed E-state index contributed by atoms with van der Waals surface area (Å²) in [7, 11) is 0. The van der Waals surface area contributed by atoms with Crippen LogP contribution < -0.4 is 10.1 Å². The standard InChI is InChI=1S/C23H30N2O2/c1-3-25(4-2)17-18-13-15-19(16-14-18)23(26)24-21-11-7-8-12-22(21)27-20-9-5-6-10-20/h7-8,11-16,20H,3-6,9-10,17H2,1-2H3,(H,24,26). The van der Waals surface area contributed by atoms with Gasteiger partial charge in [0.15, 0.2) is 0 Å². The van der Waals surface area contributed by atoms with Gasteiger partial charge in [-0.05, 0) is 68.6 Å². The number of nitrogens with one attached hydrogen (secondary N) is 1. The van der Waals surface area contributed by atoms with E-state index < -0.39 is 0 Å². The third-order valence-corrected chi connectivity index (χ3v) is 5.25. The van der Waals surface area contributed by atoms with Crippen molar-refractivity contribution in [2.24, 2.45) is 0 Å². The number of amides is 1. The molecule has 2 aromatic carbocycles. The first-order chi connectivity index (χ1) is 13.2. The minimum absolute atomic E-state index is 0.105. The fraction of sp³-hybridized carbons (Fsp3) is 0.435. The SMILES string of the molecule is CCN(CC)Cc1ccc(C(=O)Nc2ccccc2OC2CCCC2)cc1. The molecule has 27 heavy (non-hydrogen) atoms. The van der Waals surface area contributed by atoms with E-state index in [-0.39, 0.29) is 12.0 Å². The number of anilines is 1. The smallest absolute Gasteiger partial charge is 0.255 e. The predicted octanol–water partition coefficient (Wildman–Crippen LogP) is 5.10. The maximum absolute atomic E-state index is 12.7. The van der Waals surface area contributed by atoms with E-state index in [0.29, 0.717) is 5.56 Å². The molecule has 1 amide bonds. The third kappa shape index (κ3) is 5.33. The van der Waals surface area contributed by atoms with Crippen molar-refractivity contribution in [1.82, 2.24) is 4.90 Å². The topological polar surface area (TPSA) is 41.6 Å². The molecule has 0 spiro atoms. The molecule has 0 saturated heterocycles. The van der Waals surface area contributed by atoms with Crippen molar-refractivity contribution in [2.45, 2.75) is 52.2 Å². The zero-order valence-electron chi connectivity index (χ0n) is 16.4. The molecular weight excluding hydrogens is 336 g/mol. The van der Waals surface area contributed by atoms with Crippen molar-refractivity contribution in [2.75, 3.05) is 18.4 Å². The predicted molar refractivity (Wildman–Crippen MR) is 110 cm³/mol. The number of benzene rings is 2. The quantitative estimate of drug-likeness (QED) is 0.706. The summed E-state index contributed by atoms with van der Waals surface area (Å²) in [5.74, 6) is 0.655. The summed E-state index contributed by atoms with van der Waals surface area (Å²) in [5.41, 5.74) is 2.62. The van der Waals surface area contributed by atoms with Gasteiger partial charge in [0.25, 0.3) is 5.91 Å². The van der Waals surface area contributed by atoms with Crippen LogP contribution in [0.4, 0.5) is 5.69 Å². The number of hydrogen-bond donors (Lipinski definition) is 1. The Hall–Kier alpha value is -2.33. The molecule has 144 valence electrons. The molecule has 3 rings (SSSR count). The first kappa shape index (κ1) is 19.4. The molecule has 0 unspecified atom stereocenters. The fourth-order valence-corrected chi connectivity index (χ4v) is 3.52. The second-order valence-electron chi connectivity index (χ2n) is 7.13. The van der Waals surface area contributed by atoms with E-state index in [2.05, 4.69) is 24.1 Å². The normalized spacial score (nSPS) is 14.5. The molecule has 0 atom stereocenters. The first-order valence-corrected chi connectivity index (χ1v) is 10.1. The lowest BCUT2D eigenvalue weighted by Gasteiger charge is -2.18. The zero-order chi connectivity index (χ0) is 19.1. The van der Waals surface area contributed by atoms with Crippen LogP contribution in [0.5, 0.6) is 5.75 Å². The van der Waals surface area contributed by atoms with Crippen LogP contribution in [0.1, 0.15) is 55.5 Å². The molecule has 0 aliphatic heterocycles. The van der Waals surface area contributed by atoms with Gasteiger partial charge in [-0.15, -0.1) is 0 Å². The van der Waals surface area contributed by atoms with Crippen LogP contribution in [-0.4, -0.2) is 30.0 Å². The summed E-state index contributed by atoms with van der Waals surface area (Å²) in [6.07, 6.45) is 4.90. The number of nitrogens with zero attached hydrogens (tertiary/aromatic N) is 1. The lowest BCUT2D eigenvalue weighted by atomic mass is 10.1. The molecule has 0 heterocycles. The van der Waals surface area contributed by atoms with Gasteiger partial charge < -0.3 is 10.1 Å². The molecule has 1 saturated carbocycles. The summed E-state index contributed by atoms with van der Waals surface area (Å²) < 4.78 is 6.11. The van der Waals surface area contributed by atoms with Gasteiger partial charge in [-0.2, -0.15) is 0 Å². The van der Waals surface area contributed by atoms with Crippen LogP contribution in [0.25, 0.3) is 0 Å². The summed E-state index contributed by atoms with van der Waals surface area (Å²) in [6, 6.07) is 15.6. The van der Waals surface area contributed by atoms with Crippen molar-refractivity contribution >= 4 is 11.6 Å². The van der Waals surface area contributed by atoms with Gasteiger partial charge in [0, 0.05) is 12.1 Å². The Morgan fingerprint density at radius 3 is 2.37 bits per heavy atom. The van der Waals surface area contributed by atoms with Gasteiger partial charge in [0.2, 0.25) is 0 Å². The van der Waals surface area contributed by atoms with E-state index in [9.17, 15) is 4.79 Å². The Bertz CT molecular complexity index is 732. The number of carbonyl (C=O) groups is 1. The van der Waals surface area contributed by atoms with Crippen molar-refractivity contribution in [1.29, 1.82) is 0 Å². The Morgan fingerprint density at radius 1 is 1.04 bits per heavy atom. The molecule has 1 N–H and O–H groups in total. The van der Waals surface area contributed by atoms with Crippen LogP contribution in [0.15, 0.2) is 48.5 Å². The highest BCUT2D eigenvalue weighted by Crippen LogP contribution is 2.30. The van der Waals surface area contributed by atoms with E-state index in [1.165, 1.54) is 18.4 Å². The molecule has 1 fully saturated rings. The van der Waals surface area contributed by atoms with Crippen LogP contribution >= 0.6 is 0 Å². The molecule has 4 heteroatoms. The van der Waals surface area contributed by atoms with Gasteiger partial charge in [0.05, 0.1) is 11.8 Å². The van der Waals surface area contributed by atoms with Gasteiger partial charge >= 0.3 is 0 Å². The highest BCUT2D eigenvalue weighted by atomic mass is 16.5. The lowest BCUT2D eigenvalue weighted by Crippen LogP contribution is -2.22. The molecule has 1 aliphatic rings. The maximum Gasteiger partial charge on any atom is 0.255 e. The van der Waals surface area contributed by atoms with Gasteiger partial charge in [-0.25, -0.2) is 0 Å². The fourth-order valence-electron chi connectivity index (χ4n) is 3.52. The lowest BCUT2D eigenvalue weighted by molar-refractivity contribution is 0.102. The van der Waals surface area contributed by atoms with Crippen molar-refractivity contribution in [3.63, 3.8) is 0 Å². The molecule has 0 radical (unpaired) electrons. The zero-order valence-corrected chi connectivity index (χ0v) is 16.4. The van der Waals surface area contributed by atoms with E-state index in [1.54, 1.807) is 0 Å². The molecular formula is C23H30N2O2. The average Bonchev–Trinajstić information content (AvgIpc) is 3.21. The van der Waals surface area contributed by atoms with Crippen LogP contribution in [0.2, 0.25) is 0 Å². The summed E-state index contributed by atoms with van der Waals surface area (Å²) in [5, 5.41) is 3.01. The van der Waals surface area contributed by atoms with Gasteiger partial charge in [-0.1, -0.05) is 38.1 Å². The van der Waals surface area contributed by atoms with Crippen LogP contribution in [-0.2, 0) is 6.54 Å². The number of hydrogen-bond acceptors (Lipinski definition) is 3. The molecule has 0 aromatic heterocycles. The van der Waals surface area contributed by atoms with Crippen molar-refractivity contribution < 1.29 is 9.53 Å². The van der Waals surface area contributed by atoms with E-state index >= 15 is 0 Å². The molecule has 0 bridgehead atoms. The molecule has 4 nitrogen and oxygen atoms in total. The third-order valence-electron chi connectivity index (χ3n) is 5.25. The van der Waals surface area contributed by atoms with Crippen molar-refractivity contribution in [3.05, 3.63) is 59.7 Å². The minimum atomic E-state index is -0.105. The first-order valence-electron chi connectivity index (χ1n) is 10.1. The number of ether oxygens (including phenoxy) is 1. The maximum atomic E-state index is 12.7. The van der Waals surface area contributed by atoms with Gasteiger partial charge in [0.1, 0.15) is 5.75 Å². The largest absolute Gasteiger partial charge is 0.488 e. The Kier molecular flexibility index (Phi) is 6.88. The monoisotopic (exact) mass is 366 g/mol. The van der Waals surface area contributed by atoms with E-state index in [4.69, 9.17) is 4.74 Å². The summed E-state index contributed by atoms with van der Waals surface area (Å²) >= 11 is 0. The highest BCUT2D eigenvalue weighted by molar-refractivity contribution is 6.05. The second-order valence-corrected chi connectivity index (χ2v) is 7.13. The number of rotatable bonds is 8. The van der Waals surface area contributed by atoms with Crippen LogP contribution in [0.3, 0.4) is 0 Å². The Morgan fingerprint density at radius 2 is 1.70 bits per heavy atom. The van der Waals surface area contributed by atoms with Gasteiger partial charge in [-0.3, -0.25) is 9.69 Å². The van der Waals surface area contributed by atoms with Crippen LogP contribution in [0, 0.1) is 0 Å². The summed E-state index contributed by atoms with van der Waals surface area (Å²) in [6.45, 7) is 7.28. The second kappa shape index (κ2) is 9.56. The summed E-state index contributed by atoms with van der Waals surface area (Å²) in [4.78, 5) is 15.0. The average molecular weight is 367 g/mol. The minimum Gasteiger partial charge on any atom is -0.488 e. The number of para-hydroxylation sites is 2. The molecule has 1 aliphatic carbocycles. The van der Waals surface area contributed by atoms with Crippen molar-refractivity contribution in [3.8, 4) is 5.75 Å².